The second-order valence-electron chi connectivity index (χ2n) is 6.35. The normalized spacial score (nSPS) is 29.6. The van der Waals surface area contributed by atoms with Crippen LogP contribution < -0.4 is 0 Å². The first-order chi connectivity index (χ1) is 9.40. The van der Waals surface area contributed by atoms with Gasteiger partial charge in [-0.25, -0.2) is 12.7 Å². The highest BCUT2D eigenvalue weighted by Crippen LogP contribution is 2.29. The van der Waals surface area contributed by atoms with Gasteiger partial charge in [0.15, 0.2) is 0 Å². The largest absolute Gasteiger partial charge is 0.481 e. The van der Waals surface area contributed by atoms with E-state index in [0.29, 0.717) is 12.5 Å². The average molecular weight is 303 g/mol. The number of carbonyl (C=O) groups is 1. The smallest absolute Gasteiger partial charge is 0.308 e. The fourth-order valence-electron chi connectivity index (χ4n) is 3.39. The van der Waals surface area contributed by atoms with Crippen molar-refractivity contribution in [3.63, 3.8) is 0 Å². The Kier molecular flexibility index (Phi) is 5.07. The Morgan fingerprint density at radius 1 is 1.20 bits per heavy atom. The van der Waals surface area contributed by atoms with Gasteiger partial charge in [-0.3, -0.25) is 4.79 Å². The summed E-state index contributed by atoms with van der Waals surface area (Å²) in [5.74, 6) is -0.829. The molecule has 20 heavy (non-hydrogen) atoms. The first-order valence-electron chi connectivity index (χ1n) is 7.61. The number of carboxylic acid groups (broad SMARTS) is 1. The minimum Gasteiger partial charge on any atom is -0.481 e. The summed E-state index contributed by atoms with van der Waals surface area (Å²) >= 11 is 0. The average Bonchev–Trinajstić information content (AvgIpc) is 2.81. The molecule has 0 aromatic carbocycles. The molecule has 1 aliphatic carbocycles. The van der Waals surface area contributed by atoms with Gasteiger partial charge in [-0.15, -0.1) is 0 Å². The first kappa shape index (κ1) is 15.8. The van der Waals surface area contributed by atoms with Crippen LogP contribution in [0, 0.1) is 17.8 Å². The molecule has 2 fully saturated rings. The molecule has 2 aliphatic rings. The summed E-state index contributed by atoms with van der Waals surface area (Å²) in [4.78, 5) is 11.1. The minimum atomic E-state index is -3.29. The van der Waals surface area contributed by atoms with Crippen molar-refractivity contribution in [1.82, 2.24) is 4.31 Å². The molecule has 1 saturated carbocycles. The zero-order valence-corrected chi connectivity index (χ0v) is 12.9. The fraction of sp³-hybridized carbons (Fsp3) is 0.929. The van der Waals surface area contributed by atoms with Gasteiger partial charge in [-0.1, -0.05) is 39.0 Å². The van der Waals surface area contributed by atoms with E-state index < -0.39 is 21.9 Å². The van der Waals surface area contributed by atoms with Gasteiger partial charge in [0.05, 0.1) is 11.7 Å². The van der Waals surface area contributed by atoms with Crippen LogP contribution in [-0.2, 0) is 14.8 Å². The molecule has 0 spiro atoms. The molecule has 1 N–H and O–H groups in total. The van der Waals surface area contributed by atoms with Crippen LogP contribution in [-0.4, -0.2) is 42.6 Å². The van der Waals surface area contributed by atoms with Crippen molar-refractivity contribution in [3.8, 4) is 0 Å². The maximum atomic E-state index is 12.3. The first-order valence-corrected chi connectivity index (χ1v) is 9.21. The van der Waals surface area contributed by atoms with Crippen molar-refractivity contribution in [2.24, 2.45) is 17.8 Å². The van der Waals surface area contributed by atoms with Crippen molar-refractivity contribution in [1.29, 1.82) is 0 Å². The molecular formula is C14H25NO4S. The lowest BCUT2D eigenvalue weighted by Gasteiger charge is -2.23. The molecular weight excluding hydrogens is 278 g/mol. The fourth-order valence-corrected chi connectivity index (χ4v) is 5.13. The SMILES string of the molecule is C[C@@H]1CN(S(=O)(=O)CCC2CCCCC2)C[C@H]1C(=O)O. The van der Waals surface area contributed by atoms with E-state index in [-0.39, 0.29) is 18.2 Å². The number of hydrogen-bond donors (Lipinski definition) is 1. The number of sulfonamides is 1. The lowest BCUT2D eigenvalue weighted by atomic mass is 9.88. The molecule has 0 aromatic rings. The van der Waals surface area contributed by atoms with Crippen LogP contribution in [0.4, 0.5) is 0 Å². The third kappa shape index (κ3) is 3.73. The number of carboxylic acids is 1. The van der Waals surface area contributed by atoms with Crippen molar-refractivity contribution in [2.45, 2.75) is 45.4 Å². The quantitative estimate of drug-likeness (QED) is 0.842. The summed E-state index contributed by atoms with van der Waals surface area (Å²) in [6.07, 6.45) is 6.71. The lowest BCUT2D eigenvalue weighted by Crippen LogP contribution is -2.32. The molecule has 0 aromatic heterocycles. The summed E-state index contributed by atoms with van der Waals surface area (Å²) in [6.45, 7) is 2.31. The van der Waals surface area contributed by atoms with Gasteiger partial charge in [0.2, 0.25) is 10.0 Å². The molecule has 0 radical (unpaired) electrons. The van der Waals surface area contributed by atoms with E-state index in [1.54, 1.807) is 0 Å². The van der Waals surface area contributed by atoms with Gasteiger partial charge in [0.25, 0.3) is 0 Å². The predicted molar refractivity (Wildman–Crippen MR) is 76.8 cm³/mol. The van der Waals surface area contributed by atoms with Crippen molar-refractivity contribution in [2.75, 3.05) is 18.8 Å². The number of aliphatic carboxylic acids is 1. The summed E-state index contributed by atoms with van der Waals surface area (Å²) in [5.41, 5.74) is 0. The second kappa shape index (κ2) is 6.43. The van der Waals surface area contributed by atoms with E-state index in [9.17, 15) is 13.2 Å². The van der Waals surface area contributed by atoms with Crippen LogP contribution in [0.2, 0.25) is 0 Å². The Morgan fingerprint density at radius 3 is 2.40 bits per heavy atom. The van der Waals surface area contributed by atoms with Gasteiger partial charge in [-0.2, -0.15) is 0 Å². The molecule has 116 valence electrons. The van der Waals surface area contributed by atoms with E-state index >= 15 is 0 Å². The van der Waals surface area contributed by atoms with Crippen LogP contribution in [0.15, 0.2) is 0 Å². The zero-order valence-electron chi connectivity index (χ0n) is 12.1. The minimum absolute atomic E-state index is 0.100. The Morgan fingerprint density at radius 2 is 1.85 bits per heavy atom. The molecule has 2 atom stereocenters. The predicted octanol–water partition coefficient (Wildman–Crippen LogP) is 1.94. The monoisotopic (exact) mass is 303 g/mol. The van der Waals surface area contributed by atoms with E-state index in [0.717, 1.165) is 19.3 Å². The highest BCUT2D eigenvalue weighted by molar-refractivity contribution is 7.89. The molecule has 0 unspecified atom stereocenters. The van der Waals surface area contributed by atoms with E-state index in [1.807, 2.05) is 6.92 Å². The third-order valence-electron chi connectivity index (χ3n) is 4.80. The highest BCUT2D eigenvalue weighted by atomic mass is 32.2. The van der Waals surface area contributed by atoms with Gasteiger partial charge >= 0.3 is 5.97 Å². The van der Waals surface area contributed by atoms with Crippen LogP contribution in [0.3, 0.4) is 0 Å². The molecule has 1 saturated heterocycles. The zero-order chi connectivity index (χ0) is 14.8. The van der Waals surface area contributed by atoms with Crippen molar-refractivity contribution < 1.29 is 18.3 Å². The number of nitrogens with zero attached hydrogens (tertiary/aromatic N) is 1. The highest BCUT2D eigenvalue weighted by Gasteiger charge is 2.40. The Balaban J connectivity index is 1.88. The third-order valence-corrected chi connectivity index (χ3v) is 6.63. The molecule has 0 amide bonds. The van der Waals surface area contributed by atoms with Gasteiger partial charge < -0.3 is 5.11 Å². The maximum absolute atomic E-state index is 12.3. The standard InChI is InChI=1S/C14H25NO4S/c1-11-9-15(10-13(11)14(16)17)20(18,19)8-7-12-5-3-2-4-6-12/h11-13H,2-10H2,1H3,(H,16,17)/t11-,13-/m1/s1. The Bertz CT molecular complexity index is 442. The van der Waals surface area contributed by atoms with Crippen LogP contribution in [0.5, 0.6) is 0 Å². The van der Waals surface area contributed by atoms with Crippen molar-refractivity contribution in [3.05, 3.63) is 0 Å². The Labute approximate surface area is 121 Å². The molecule has 0 bridgehead atoms. The van der Waals surface area contributed by atoms with E-state index in [4.69, 9.17) is 5.11 Å². The van der Waals surface area contributed by atoms with E-state index in [1.165, 1.54) is 23.6 Å². The van der Waals surface area contributed by atoms with Crippen LogP contribution >= 0.6 is 0 Å². The summed E-state index contributed by atoms with van der Waals surface area (Å²) in [5, 5.41) is 9.08. The Hall–Kier alpha value is -0.620. The number of hydrogen-bond acceptors (Lipinski definition) is 3. The summed E-state index contributed by atoms with van der Waals surface area (Å²) in [7, 11) is -3.29. The van der Waals surface area contributed by atoms with Gasteiger partial charge in [0, 0.05) is 13.1 Å². The topological polar surface area (TPSA) is 74.7 Å². The van der Waals surface area contributed by atoms with Crippen molar-refractivity contribution >= 4 is 16.0 Å². The number of rotatable bonds is 5. The van der Waals surface area contributed by atoms with E-state index in [2.05, 4.69) is 0 Å². The van der Waals surface area contributed by atoms with Crippen LogP contribution in [0.1, 0.15) is 45.4 Å². The molecule has 5 nitrogen and oxygen atoms in total. The van der Waals surface area contributed by atoms with Crippen LogP contribution in [0.25, 0.3) is 0 Å². The summed E-state index contributed by atoms with van der Waals surface area (Å²) < 4.78 is 26.0. The van der Waals surface area contributed by atoms with Gasteiger partial charge in [0.1, 0.15) is 0 Å². The molecule has 1 aliphatic heterocycles. The second-order valence-corrected chi connectivity index (χ2v) is 8.44. The molecule has 2 rings (SSSR count). The molecule has 6 heteroatoms. The summed E-state index contributed by atoms with van der Waals surface area (Å²) in [6, 6.07) is 0. The molecule has 1 heterocycles. The lowest BCUT2D eigenvalue weighted by molar-refractivity contribution is -0.142. The van der Waals surface area contributed by atoms with Gasteiger partial charge in [-0.05, 0) is 18.3 Å². The maximum Gasteiger partial charge on any atom is 0.308 e.